The lowest BCUT2D eigenvalue weighted by Crippen LogP contribution is -2.03. The van der Waals surface area contributed by atoms with Crippen molar-refractivity contribution in [2.75, 3.05) is 0 Å². The van der Waals surface area contributed by atoms with Crippen LogP contribution in [0.1, 0.15) is 28.0 Å². The molecule has 0 unspecified atom stereocenters. The number of carbonyl (C=O) groups is 1. The number of halogens is 4. The summed E-state index contributed by atoms with van der Waals surface area (Å²) in [6.45, 7) is 0. The quantitative estimate of drug-likeness (QED) is 0.448. The van der Waals surface area contributed by atoms with Crippen LogP contribution in [-0.4, -0.2) is 11.3 Å². The highest BCUT2D eigenvalue weighted by molar-refractivity contribution is 6.17. The maximum Gasteiger partial charge on any atom is 0.266 e. The van der Waals surface area contributed by atoms with E-state index in [4.69, 9.17) is 11.6 Å². The lowest BCUT2D eigenvalue weighted by Gasteiger charge is -2.05. The van der Waals surface area contributed by atoms with E-state index in [1.807, 2.05) is 0 Å². The molecule has 0 aliphatic carbocycles. The van der Waals surface area contributed by atoms with E-state index in [9.17, 15) is 18.0 Å². The minimum absolute atomic E-state index is 0.0859. The molecule has 0 N–H and O–H groups in total. The molecule has 1 rings (SSSR count). The Hall–Kier alpha value is -1.10. The van der Waals surface area contributed by atoms with Crippen LogP contribution in [0, 0.1) is 5.95 Å². The van der Waals surface area contributed by atoms with Crippen molar-refractivity contribution in [1.82, 2.24) is 4.98 Å². The van der Waals surface area contributed by atoms with Gasteiger partial charge in [0.1, 0.15) is 5.69 Å². The van der Waals surface area contributed by atoms with Gasteiger partial charge in [-0.2, -0.15) is 4.39 Å². The van der Waals surface area contributed by atoms with E-state index in [-0.39, 0.29) is 17.7 Å². The maximum atomic E-state index is 12.9. The van der Waals surface area contributed by atoms with Gasteiger partial charge in [0.05, 0.1) is 5.88 Å². The van der Waals surface area contributed by atoms with Gasteiger partial charge in [0.2, 0.25) is 5.95 Å². The maximum absolute atomic E-state index is 12.9. The molecule has 1 aromatic rings. The van der Waals surface area contributed by atoms with Crippen molar-refractivity contribution >= 4 is 17.9 Å². The Morgan fingerprint density at radius 3 is 2.64 bits per heavy atom. The summed E-state index contributed by atoms with van der Waals surface area (Å²) in [5.74, 6) is -1.26. The molecule has 76 valence electrons. The summed E-state index contributed by atoms with van der Waals surface area (Å²) in [4.78, 5) is 13.4. The summed E-state index contributed by atoms with van der Waals surface area (Å²) < 4.78 is 37.5. The monoisotopic (exact) mass is 223 g/mol. The van der Waals surface area contributed by atoms with Gasteiger partial charge in [0, 0.05) is 11.1 Å². The van der Waals surface area contributed by atoms with Crippen LogP contribution in [0.3, 0.4) is 0 Å². The van der Waals surface area contributed by atoms with Gasteiger partial charge in [-0.15, -0.1) is 11.6 Å². The molecule has 14 heavy (non-hydrogen) atoms. The zero-order chi connectivity index (χ0) is 10.7. The van der Waals surface area contributed by atoms with Crippen LogP contribution in [0.4, 0.5) is 13.2 Å². The average Bonchev–Trinajstić information content (AvgIpc) is 2.16. The van der Waals surface area contributed by atoms with Crippen LogP contribution in [0.15, 0.2) is 6.07 Å². The van der Waals surface area contributed by atoms with Crippen molar-refractivity contribution in [1.29, 1.82) is 0 Å². The largest absolute Gasteiger partial charge is 0.296 e. The van der Waals surface area contributed by atoms with Gasteiger partial charge in [-0.3, -0.25) is 4.79 Å². The molecule has 0 aliphatic rings. The third-order valence-electron chi connectivity index (χ3n) is 1.60. The Balaban J connectivity index is 3.32. The fourth-order valence-corrected chi connectivity index (χ4v) is 1.11. The zero-order valence-corrected chi connectivity index (χ0v) is 7.56. The molecule has 0 atom stereocenters. The first kappa shape index (κ1) is 11.0. The minimum Gasteiger partial charge on any atom is -0.296 e. The molecule has 0 amide bonds. The SMILES string of the molecule is O=Cc1nc(F)c(CCl)cc1C(F)F. The normalized spacial score (nSPS) is 10.6. The number of hydrogen-bond acceptors (Lipinski definition) is 2. The molecule has 1 aromatic heterocycles. The Labute approximate surface area is 82.7 Å². The Bertz CT molecular complexity index is 357. The number of aromatic nitrogens is 1. The standard InChI is InChI=1S/C8H5ClF3NO/c9-2-4-1-5(7(10)11)6(3-14)13-8(4)12/h1,3,7H,2H2. The van der Waals surface area contributed by atoms with Gasteiger partial charge in [0.25, 0.3) is 6.43 Å². The van der Waals surface area contributed by atoms with Crippen molar-refractivity contribution in [2.45, 2.75) is 12.3 Å². The number of aldehydes is 1. The number of pyridine rings is 1. The average molecular weight is 224 g/mol. The third-order valence-corrected chi connectivity index (χ3v) is 1.89. The van der Waals surface area contributed by atoms with Crippen LogP contribution in [0.25, 0.3) is 0 Å². The van der Waals surface area contributed by atoms with Gasteiger partial charge >= 0.3 is 0 Å². The molecule has 6 heteroatoms. The molecule has 0 saturated heterocycles. The van der Waals surface area contributed by atoms with Crippen LogP contribution < -0.4 is 0 Å². The summed E-state index contributed by atoms with van der Waals surface area (Å²) in [5, 5.41) is 0. The van der Waals surface area contributed by atoms with Crippen LogP contribution in [0.2, 0.25) is 0 Å². The van der Waals surface area contributed by atoms with Gasteiger partial charge < -0.3 is 0 Å². The molecular formula is C8H5ClF3NO. The summed E-state index contributed by atoms with van der Waals surface area (Å²) in [5.41, 5.74) is -1.34. The topological polar surface area (TPSA) is 30.0 Å². The predicted octanol–water partition coefficient (Wildman–Crippen LogP) is 2.71. The van der Waals surface area contributed by atoms with E-state index < -0.39 is 23.6 Å². The fourth-order valence-electron chi connectivity index (χ4n) is 0.926. The molecule has 0 radical (unpaired) electrons. The number of alkyl halides is 3. The number of nitrogens with zero attached hydrogens (tertiary/aromatic N) is 1. The fraction of sp³-hybridized carbons (Fsp3) is 0.250. The van der Waals surface area contributed by atoms with E-state index in [0.717, 1.165) is 6.07 Å². The van der Waals surface area contributed by atoms with Crippen molar-refractivity contribution in [3.8, 4) is 0 Å². The van der Waals surface area contributed by atoms with Crippen molar-refractivity contribution in [2.24, 2.45) is 0 Å². The third kappa shape index (κ3) is 2.04. The van der Waals surface area contributed by atoms with E-state index in [2.05, 4.69) is 4.98 Å². The molecule has 0 aromatic carbocycles. The minimum atomic E-state index is -2.87. The second-order valence-corrected chi connectivity index (χ2v) is 2.73. The molecule has 1 heterocycles. The summed E-state index contributed by atoms with van der Waals surface area (Å²) in [6.07, 6.45) is -2.78. The lowest BCUT2D eigenvalue weighted by atomic mass is 10.1. The Morgan fingerprint density at radius 1 is 1.57 bits per heavy atom. The highest BCUT2D eigenvalue weighted by Crippen LogP contribution is 2.23. The second kappa shape index (κ2) is 4.41. The summed E-state index contributed by atoms with van der Waals surface area (Å²) >= 11 is 5.29. The highest BCUT2D eigenvalue weighted by Gasteiger charge is 2.17. The van der Waals surface area contributed by atoms with Gasteiger partial charge in [-0.05, 0) is 6.07 Å². The number of carbonyl (C=O) groups excluding carboxylic acids is 1. The van der Waals surface area contributed by atoms with Gasteiger partial charge in [0.15, 0.2) is 6.29 Å². The first-order valence-electron chi connectivity index (χ1n) is 3.58. The first-order valence-corrected chi connectivity index (χ1v) is 4.12. The van der Waals surface area contributed by atoms with Crippen molar-refractivity contribution in [3.63, 3.8) is 0 Å². The van der Waals surface area contributed by atoms with E-state index in [1.165, 1.54) is 0 Å². The molecule has 2 nitrogen and oxygen atoms in total. The van der Waals surface area contributed by atoms with E-state index in [1.54, 1.807) is 0 Å². The number of rotatable bonds is 3. The van der Waals surface area contributed by atoms with Crippen LogP contribution in [-0.2, 0) is 5.88 Å². The molecule has 0 fully saturated rings. The number of hydrogen-bond donors (Lipinski definition) is 0. The van der Waals surface area contributed by atoms with E-state index in [0.29, 0.717) is 0 Å². The molecule has 0 bridgehead atoms. The summed E-state index contributed by atoms with van der Waals surface area (Å²) in [6, 6.07) is 0.851. The molecule has 0 saturated carbocycles. The van der Waals surface area contributed by atoms with E-state index >= 15 is 0 Å². The van der Waals surface area contributed by atoms with Crippen LogP contribution in [0.5, 0.6) is 0 Å². The molecular weight excluding hydrogens is 219 g/mol. The Kier molecular flexibility index (Phi) is 3.46. The predicted molar refractivity (Wildman–Crippen MR) is 44.1 cm³/mol. The smallest absolute Gasteiger partial charge is 0.266 e. The molecule has 0 aliphatic heterocycles. The first-order chi connectivity index (χ1) is 6.60. The second-order valence-electron chi connectivity index (χ2n) is 2.46. The molecule has 0 spiro atoms. The van der Waals surface area contributed by atoms with Gasteiger partial charge in [-0.25, -0.2) is 13.8 Å². The zero-order valence-electron chi connectivity index (χ0n) is 6.81. The van der Waals surface area contributed by atoms with Crippen LogP contribution >= 0.6 is 11.6 Å². The van der Waals surface area contributed by atoms with Crippen molar-refractivity contribution in [3.05, 3.63) is 28.8 Å². The summed E-state index contributed by atoms with van der Waals surface area (Å²) in [7, 11) is 0. The van der Waals surface area contributed by atoms with Crippen molar-refractivity contribution < 1.29 is 18.0 Å². The lowest BCUT2D eigenvalue weighted by molar-refractivity contribution is 0.110. The highest BCUT2D eigenvalue weighted by atomic mass is 35.5. The van der Waals surface area contributed by atoms with Gasteiger partial charge in [-0.1, -0.05) is 0 Å². The Morgan fingerprint density at radius 2 is 2.21 bits per heavy atom.